The summed E-state index contributed by atoms with van der Waals surface area (Å²) in [5, 5.41) is 8.17. The Labute approximate surface area is 169 Å². The number of nitrogens with one attached hydrogen (secondary N) is 2. The third-order valence-corrected chi connectivity index (χ3v) is 4.86. The van der Waals surface area contributed by atoms with Crippen LogP contribution in [0.4, 0.5) is 16.2 Å². The third-order valence-electron chi connectivity index (χ3n) is 4.86. The van der Waals surface area contributed by atoms with E-state index in [1.54, 1.807) is 7.05 Å². The van der Waals surface area contributed by atoms with Crippen molar-refractivity contribution in [2.24, 2.45) is 0 Å². The molecule has 4 aromatic rings. The highest BCUT2D eigenvalue weighted by atomic mass is 16.5. The zero-order valence-electron chi connectivity index (χ0n) is 16.7. The quantitative estimate of drug-likeness (QED) is 0.449. The monoisotopic (exact) mass is 385 g/mol. The molecule has 0 saturated heterocycles. The summed E-state index contributed by atoms with van der Waals surface area (Å²) in [5.41, 5.74) is 7.14. The summed E-state index contributed by atoms with van der Waals surface area (Å²) < 4.78 is 5.16. The highest BCUT2D eigenvalue weighted by Gasteiger charge is 2.11. The van der Waals surface area contributed by atoms with Gasteiger partial charge in [0.1, 0.15) is 6.61 Å². The fourth-order valence-electron chi connectivity index (χ4n) is 3.40. The van der Waals surface area contributed by atoms with Crippen LogP contribution in [-0.2, 0) is 11.3 Å². The van der Waals surface area contributed by atoms with E-state index in [4.69, 9.17) is 9.72 Å². The highest BCUT2D eigenvalue weighted by molar-refractivity contribution is 6.08. The number of carbonyl (C=O) groups is 1. The van der Waals surface area contributed by atoms with Gasteiger partial charge in [-0.25, -0.2) is 9.78 Å². The molecule has 0 aliphatic rings. The van der Waals surface area contributed by atoms with Crippen LogP contribution in [0.3, 0.4) is 0 Å². The fraction of sp³-hybridized carbons (Fsp3) is 0.167. The molecular formula is C24H23N3O2. The zero-order valence-corrected chi connectivity index (χ0v) is 16.7. The van der Waals surface area contributed by atoms with Gasteiger partial charge in [0.15, 0.2) is 0 Å². The predicted octanol–water partition coefficient (Wildman–Crippen LogP) is 5.60. The Morgan fingerprint density at radius 1 is 0.931 bits per heavy atom. The molecule has 0 aliphatic carbocycles. The average Bonchev–Trinajstić information content (AvgIpc) is 2.71. The number of carbonyl (C=O) groups excluding carboxylic acids is 1. The van der Waals surface area contributed by atoms with Crippen molar-refractivity contribution in [2.45, 2.75) is 20.5 Å². The molecule has 2 N–H and O–H groups in total. The maximum Gasteiger partial charge on any atom is 0.407 e. The first-order chi connectivity index (χ1) is 14.0. The summed E-state index contributed by atoms with van der Waals surface area (Å²) in [6.07, 6.45) is -0.444. The normalized spacial score (nSPS) is 10.9. The van der Waals surface area contributed by atoms with Crippen LogP contribution in [0, 0.1) is 13.8 Å². The Bertz CT molecular complexity index is 1160. The number of alkyl carbamates (subject to hydrolysis) is 1. The molecule has 1 heterocycles. The summed E-state index contributed by atoms with van der Waals surface area (Å²) >= 11 is 0. The molecule has 1 aromatic heterocycles. The summed E-state index contributed by atoms with van der Waals surface area (Å²) in [7, 11) is 1.55. The first-order valence-corrected chi connectivity index (χ1v) is 9.55. The van der Waals surface area contributed by atoms with E-state index >= 15 is 0 Å². The van der Waals surface area contributed by atoms with Gasteiger partial charge in [-0.15, -0.1) is 0 Å². The molecule has 0 radical (unpaired) electrons. The van der Waals surface area contributed by atoms with Crippen molar-refractivity contribution in [3.8, 4) is 0 Å². The highest BCUT2D eigenvalue weighted by Crippen LogP contribution is 2.34. The average molecular weight is 385 g/mol. The number of rotatable bonds is 4. The number of benzene rings is 3. The van der Waals surface area contributed by atoms with Crippen LogP contribution in [0.5, 0.6) is 0 Å². The number of nitrogens with zero attached hydrogens (tertiary/aromatic N) is 1. The first kappa shape index (κ1) is 18.7. The van der Waals surface area contributed by atoms with E-state index in [9.17, 15) is 4.79 Å². The van der Waals surface area contributed by atoms with Gasteiger partial charge in [0.05, 0.1) is 16.7 Å². The first-order valence-electron chi connectivity index (χ1n) is 9.55. The lowest BCUT2D eigenvalue weighted by atomic mass is 10.0. The van der Waals surface area contributed by atoms with E-state index in [0.717, 1.165) is 38.7 Å². The number of ether oxygens (including phenoxy) is 1. The van der Waals surface area contributed by atoms with Crippen molar-refractivity contribution >= 4 is 39.3 Å². The lowest BCUT2D eigenvalue weighted by Gasteiger charge is -2.15. The molecule has 0 spiro atoms. The van der Waals surface area contributed by atoms with Gasteiger partial charge in [-0.2, -0.15) is 0 Å². The second kappa shape index (κ2) is 7.80. The Kier molecular flexibility index (Phi) is 5.04. The van der Waals surface area contributed by atoms with Crippen LogP contribution in [0.15, 0.2) is 60.7 Å². The lowest BCUT2D eigenvalue weighted by molar-refractivity contribution is 0.142. The van der Waals surface area contributed by atoms with E-state index in [1.807, 2.05) is 24.3 Å². The number of pyridine rings is 1. The van der Waals surface area contributed by atoms with Crippen molar-refractivity contribution in [3.05, 3.63) is 77.4 Å². The number of aromatic nitrogens is 1. The van der Waals surface area contributed by atoms with Gasteiger partial charge in [0.2, 0.25) is 0 Å². The third kappa shape index (κ3) is 3.99. The van der Waals surface area contributed by atoms with Crippen LogP contribution in [0.25, 0.3) is 21.8 Å². The maximum atomic E-state index is 11.4. The van der Waals surface area contributed by atoms with Crippen LogP contribution in [0.2, 0.25) is 0 Å². The molecule has 0 atom stereocenters. The van der Waals surface area contributed by atoms with Gasteiger partial charge in [-0.3, -0.25) is 0 Å². The number of aryl methyl sites for hydroxylation is 2. The number of hydrogen-bond acceptors (Lipinski definition) is 4. The van der Waals surface area contributed by atoms with Crippen LogP contribution in [0.1, 0.15) is 16.7 Å². The summed E-state index contributed by atoms with van der Waals surface area (Å²) in [5.74, 6) is 0. The largest absolute Gasteiger partial charge is 0.445 e. The number of anilines is 2. The number of hydrogen-bond donors (Lipinski definition) is 2. The fourth-order valence-corrected chi connectivity index (χ4v) is 3.40. The predicted molar refractivity (Wildman–Crippen MR) is 118 cm³/mol. The molecule has 4 rings (SSSR count). The van der Waals surface area contributed by atoms with E-state index in [1.165, 1.54) is 11.1 Å². The van der Waals surface area contributed by atoms with Gasteiger partial charge in [-0.1, -0.05) is 36.4 Å². The molecule has 0 unspecified atom stereocenters. The Hall–Kier alpha value is -3.60. The Balaban J connectivity index is 1.78. The summed E-state index contributed by atoms with van der Waals surface area (Å²) in [6, 6.07) is 20.5. The molecule has 3 aromatic carbocycles. The van der Waals surface area contributed by atoms with Crippen molar-refractivity contribution in [3.63, 3.8) is 0 Å². The Morgan fingerprint density at radius 3 is 2.21 bits per heavy atom. The minimum atomic E-state index is -0.444. The van der Waals surface area contributed by atoms with Gasteiger partial charge in [0, 0.05) is 23.5 Å². The number of amides is 1. The van der Waals surface area contributed by atoms with Gasteiger partial charge in [-0.05, 0) is 54.8 Å². The molecule has 1 amide bonds. The molecule has 29 heavy (non-hydrogen) atoms. The minimum Gasteiger partial charge on any atom is -0.445 e. The molecule has 0 saturated carbocycles. The van der Waals surface area contributed by atoms with Gasteiger partial charge < -0.3 is 15.4 Å². The Morgan fingerprint density at radius 2 is 1.59 bits per heavy atom. The number of fused-ring (bicyclic) bond motifs is 2. The summed E-state index contributed by atoms with van der Waals surface area (Å²) in [4.78, 5) is 16.2. The van der Waals surface area contributed by atoms with Crippen LogP contribution >= 0.6 is 0 Å². The van der Waals surface area contributed by atoms with Gasteiger partial charge in [0.25, 0.3) is 0 Å². The van der Waals surface area contributed by atoms with E-state index in [2.05, 4.69) is 60.9 Å². The van der Waals surface area contributed by atoms with Gasteiger partial charge >= 0.3 is 6.09 Å². The topological polar surface area (TPSA) is 63.2 Å². The van der Waals surface area contributed by atoms with E-state index < -0.39 is 6.09 Å². The SMILES string of the molecule is CNC(=O)OCc1cccc(Nc2c3ccc(C)cc3nc3cc(C)ccc23)c1. The second-order valence-corrected chi connectivity index (χ2v) is 7.18. The lowest BCUT2D eigenvalue weighted by Crippen LogP contribution is -2.18. The molecule has 5 nitrogen and oxygen atoms in total. The van der Waals surface area contributed by atoms with E-state index in [0.29, 0.717) is 0 Å². The summed E-state index contributed by atoms with van der Waals surface area (Å²) in [6.45, 7) is 4.36. The maximum absolute atomic E-state index is 11.4. The van der Waals surface area contributed by atoms with Crippen molar-refractivity contribution in [1.29, 1.82) is 0 Å². The standard InChI is InChI=1S/C24H23N3O2/c1-15-7-9-19-21(11-15)27-22-12-16(2)8-10-20(22)23(19)26-18-6-4-5-17(13-18)14-29-24(28)25-3/h4-13H,14H2,1-3H3,(H,25,28)(H,26,27). The van der Waals surface area contributed by atoms with Crippen LogP contribution < -0.4 is 10.6 Å². The molecule has 0 bridgehead atoms. The minimum absolute atomic E-state index is 0.214. The molecule has 146 valence electrons. The molecular weight excluding hydrogens is 362 g/mol. The van der Waals surface area contributed by atoms with E-state index in [-0.39, 0.29) is 6.61 Å². The molecule has 0 aliphatic heterocycles. The van der Waals surface area contributed by atoms with Crippen molar-refractivity contribution in [1.82, 2.24) is 10.3 Å². The second-order valence-electron chi connectivity index (χ2n) is 7.18. The van der Waals surface area contributed by atoms with Crippen LogP contribution in [-0.4, -0.2) is 18.1 Å². The molecule has 0 fully saturated rings. The zero-order chi connectivity index (χ0) is 20.4. The molecule has 5 heteroatoms. The van der Waals surface area contributed by atoms with Crippen molar-refractivity contribution in [2.75, 3.05) is 12.4 Å². The smallest absolute Gasteiger partial charge is 0.407 e. The van der Waals surface area contributed by atoms with Crippen molar-refractivity contribution < 1.29 is 9.53 Å².